The molecule has 2 heterocycles. The zero-order chi connectivity index (χ0) is 22.7. The van der Waals surface area contributed by atoms with Crippen LogP contribution in [0.25, 0.3) is 22.6 Å². The molecule has 3 aromatic rings. The molecule has 0 saturated heterocycles. The molecule has 2 aromatic heterocycles. The lowest BCUT2D eigenvalue weighted by Gasteiger charge is -2.18. The first kappa shape index (κ1) is 22.1. The van der Waals surface area contributed by atoms with Gasteiger partial charge in [-0.2, -0.15) is 0 Å². The predicted molar refractivity (Wildman–Crippen MR) is 126 cm³/mol. The van der Waals surface area contributed by atoms with Crippen LogP contribution in [0.15, 0.2) is 33.9 Å². The summed E-state index contributed by atoms with van der Waals surface area (Å²) in [6.07, 6.45) is 3.93. The first-order valence-corrected chi connectivity index (χ1v) is 11.5. The van der Waals surface area contributed by atoms with Gasteiger partial charge in [-0.25, -0.2) is 9.78 Å². The van der Waals surface area contributed by atoms with Crippen molar-refractivity contribution >= 4 is 16.9 Å². The van der Waals surface area contributed by atoms with E-state index in [9.17, 15) is 9.59 Å². The molecule has 9 heteroatoms. The number of hydrogen-bond donors (Lipinski definition) is 1. The summed E-state index contributed by atoms with van der Waals surface area (Å²) >= 11 is 0. The second-order valence-electron chi connectivity index (χ2n) is 8.29. The fourth-order valence-corrected chi connectivity index (χ4v) is 4.37. The van der Waals surface area contributed by atoms with Crippen molar-refractivity contribution in [3.8, 4) is 11.4 Å². The van der Waals surface area contributed by atoms with E-state index in [1.165, 1.54) is 7.05 Å². The average Bonchev–Trinajstić information content (AvgIpc) is 3.35. The van der Waals surface area contributed by atoms with Gasteiger partial charge in [0.15, 0.2) is 17.0 Å². The molecule has 1 N–H and O–H groups in total. The lowest BCUT2D eigenvalue weighted by Crippen LogP contribution is -2.40. The van der Waals surface area contributed by atoms with Crippen molar-refractivity contribution < 1.29 is 0 Å². The average molecular weight is 438 g/mol. The van der Waals surface area contributed by atoms with Crippen LogP contribution in [0.1, 0.15) is 45.6 Å². The monoisotopic (exact) mass is 437 g/mol. The summed E-state index contributed by atoms with van der Waals surface area (Å²) in [5.41, 5.74) is 1.47. The van der Waals surface area contributed by atoms with Crippen molar-refractivity contribution in [3.63, 3.8) is 0 Å². The van der Waals surface area contributed by atoms with Crippen LogP contribution >= 0.6 is 0 Å². The third-order valence-electron chi connectivity index (χ3n) is 6.38. The topological polar surface area (TPSA) is 97.9 Å². The van der Waals surface area contributed by atoms with E-state index in [1.54, 1.807) is 4.57 Å². The smallest absolute Gasteiger partial charge is 0.332 e. The maximum atomic E-state index is 12.8. The van der Waals surface area contributed by atoms with Gasteiger partial charge in [0, 0.05) is 37.4 Å². The Morgan fingerprint density at radius 3 is 2.41 bits per heavy atom. The van der Waals surface area contributed by atoms with Gasteiger partial charge >= 0.3 is 5.69 Å². The second-order valence-corrected chi connectivity index (χ2v) is 8.29. The van der Waals surface area contributed by atoms with Crippen LogP contribution in [0.2, 0.25) is 0 Å². The van der Waals surface area contributed by atoms with Gasteiger partial charge in [-0.15, -0.1) is 10.2 Å². The fraction of sp³-hybridized carbons (Fsp3) is 0.522. The summed E-state index contributed by atoms with van der Waals surface area (Å²) in [6.45, 7) is 8.25. The minimum absolute atomic E-state index is 0.0421. The molecule has 0 atom stereocenters. The van der Waals surface area contributed by atoms with E-state index in [4.69, 9.17) is 0 Å². The SMILES string of the molecule is CCN(CC)CCNc1ccc(-c2nnc3c(n2)c(=O)n(C)c(=O)n3C2CCCC2)cc1. The summed E-state index contributed by atoms with van der Waals surface area (Å²) in [5, 5.41) is 12.0. The quantitative estimate of drug-likeness (QED) is 0.578. The lowest BCUT2D eigenvalue weighted by molar-refractivity contribution is 0.316. The highest BCUT2D eigenvalue weighted by Crippen LogP contribution is 2.29. The van der Waals surface area contributed by atoms with Crippen LogP contribution in [-0.2, 0) is 7.05 Å². The molecule has 4 rings (SSSR count). The number of rotatable bonds is 8. The van der Waals surface area contributed by atoms with Gasteiger partial charge in [0.2, 0.25) is 0 Å². The predicted octanol–water partition coefficient (Wildman–Crippen LogP) is 2.42. The van der Waals surface area contributed by atoms with Gasteiger partial charge < -0.3 is 10.2 Å². The number of aromatic nitrogens is 5. The van der Waals surface area contributed by atoms with E-state index in [2.05, 4.69) is 39.2 Å². The number of nitrogens with one attached hydrogen (secondary N) is 1. The molecule has 0 radical (unpaired) electrons. The zero-order valence-corrected chi connectivity index (χ0v) is 19.0. The summed E-state index contributed by atoms with van der Waals surface area (Å²) in [5.74, 6) is 0.376. The van der Waals surface area contributed by atoms with E-state index < -0.39 is 5.56 Å². The Hall–Kier alpha value is -3.07. The van der Waals surface area contributed by atoms with Crippen LogP contribution in [0, 0.1) is 0 Å². The van der Waals surface area contributed by atoms with E-state index >= 15 is 0 Å². The van der Waals surface area contributed by atoms with E-state index in [1.807, 2.05) is 24.3 Å². The third-order valence-corrected chi connectivity index (χ3v) is 6.38. The van der Waals surface area contributed by atoms with Crippen LogP contribution in [-0.4, -0.2) is 55.4 Å². The van der Waals surface area contributed by atoms with E-state index in [-0.39, 0.29) is 22.9 Å². The first-order valence-electron chi connectivity index (χ1n) is 11.5. The lowest BCUT2D eigenvalue weighted by atomic mass is 10.2. The molecule has 1 saturated carbocycles. The molecule has 9 nitrogen and oxygen atoms in total. The minimum Gasteiger partial charge on any atom is -0.384 e. The Morgan fingerprint density at radius 1 is 1.06 bits per heavy atom. The molecule has 1 aromatic carbocycles. The molecule has 1 aliphatic rings. The summed E-state index contributed by atoms with van der Waals surface area (Å²) < 4.78 is 2.73. The summed E-state index contributed by atoms with van der Waals surface area (Å²) in [4.78, 5) is 32.4. The van der Waals surface area contributed by atoms with Gasteiger partial charge in [-0.3, -0.25) is 13.9 Å². The highest BCUT2D eigenvalue weighted by molar-refractivity contribution is 5.71. The van der Waals surface area contributed by atoms with Gasteiger partial charge in [0.1, 0.15) is 0 Å². The van der Waals surface area contributed by atoms with Gasteiger partial charge in [-0.05, 0) is 50.2 Å². The Morgan fingerprint density at radius 2 is 1.75 bits per heavy atom. The molecule has 0 spiro atoms. The minimum atomic E-state index is -0.440. The Kier molecular flexibility index (Phi) is 6.64. The van der Waals surface area contributed by atoms with Crippen molar-refractivity contribution in [2.24, 2.45) is 7.05 Å². The number of anilines is 1. The largest absolute Gasteiger partial charge is 0.384 e. The fourth-order valence-electron chi connectivity index (χ4n) is 4.37. The highest BCUT2D eigenvalue weighted by atomic mass is 16.2. The number of hydrogen-bond acceptors (Lipinski definition) is 7. The van der Waals surface area contributed by atoms with Crippen molar-refractivity contribution in [2.75, 3.05) is 31.5 Å². The third kappa shape index (κ3) is 4.29. The maximum absolute atomic E-state index is 12.8. The van der Waals surface area contributed by atoms with Crippen molar-refractivity contribution in [2.45, 2.75) is 45.6 Å². The molecule has 0 amide bonds. The highest BCUT2D eigenvalue weighted by Gasteiger charge is 2.24. The normalized spacial score (nSPS) is 14.5. The van der Waals surface area contributed by atoms with Gasteiger partial charge in [0.25, 0.3) is 5.56 Å². The van der Waals surface area contributed by atoms with E-state index in [0.29, 0.717) is 5.82 Å². The standard InChI is InChI=1S/C23H31N7O2/c1-4-29(5-2)15-14-24-17-12-10-16(11-13-17)20-25-19-21(27-26-20)30(18-8-6-7-9-18)23(32)28(3)22(19)31/h10-13,18,24H,4-9,14-15H2,1-3H3. The number of benzene rings is 1. The summed E-state index contributed by atoms with van der Waals surface area (Å²) in [7, 11) is 1.50. The first-order chi connectivity index (χ1) is 15.5. The number of fused-ring (bicyclic) bond motifs is 1. The molecule has 32 heavy (non-hydrogen) atoms. The van der Waals surface area contributed by atoms with Crippen molar-refractivity contribution in [1.82, 2.24) is 29.2 Å². The molecule has 0 bridgehead atoms. The Labute approximate surface area is 187 Å². The van der Waals surface area contributed by atoms with Gasteiger partial charge in [0.05, 0.1) is 0 Å². The number of nitrogens with zero attached hydrogens (tertiary/aromatic N) is 6. The van der Waals surface area contributed by atoms with Gasteiger partial charge in [-0.1, -0.05) is 26.7 Å². The molecule has 1 fully saturated rings. The zero-order valence-electron chi connectivity index (χ0n) is 19.0. The van der Waals surface area contributed by atoms with Crippen molar-refractivity contribution in [1.29, 1.82) is 0 Å². The Balaban J connectivity index is 1.61. The van der Waals surface area contributed by atoms with Crippen molar-refractivity contribution in [3.05, 3.63) is 45.1 Å². The van der Waals surface area contributed by atoms with Crippen LogP contribution in [0.4, 0.5) is 5.69 Å². The molecule has 0 unspecified atom stereocenters. The maximum Gasteiger partial charge on any atom is 0.332 e. The molecular weight excluding hydrogens is 406 g/mol. The second kappa shape index (κ2) is 9.60. The summed E-state index contributed by atoms with van der Waals surface area (Å²) in [6, 6.07) is 7.83. The molecule has 170 valence electrons. The molecular formula is C23H31N7O2. The number of likely N-dealkylation sites (N-methyl/N-ethyl adjacent to an activating group) is 1. The molecule has 1 aliphatic carbocycles. The van der Waals surface area contributed by atoms with E-state index in [0.717, 1.165) is 67.7 Å². The van der Waals surface area contributed by atoms with Crippen LogP contribution in [0.5, 0.6) is 0 Å². The molecule has 0 aliphatic heterocycles. The van der Waals surface area contributed by atoms with Crippen LogP contribution < -0.4 is 16.6 Å². The Bertz CT molecular complexity index is 1190. The van der Waals surface area contributed by atoms with Crippen LogP contribution in [0.3, 0.4) is 0 Å².